The molecule has 0 aromatic heterocycles. The molecule has 2 nitrogen and oxygen atoms in total. The van der Waals surface area contributed by atoms with Crippen molar-refractivity contribution in [3.63, 3.8) is 0 Å². The lowest BCUT2D eigenvalue weighted by Crippen LogP contribution is -2.17. The molecule has 0 saturated carbocycles. The molecule has 1 aromatic rings. The van der Waals surface area contributed by atoms with Gasteiger partial charge in [0, 0.05) is 13.6 Å². The van der Waals surface area contributed by atoms with Crippen LogP contribution in [0.1, 0.15) is 5.56 Å². The molecule has 2 heteroatoms. The van der Waals surface area contributed by atoms with Crippen LogP contribution in [0.25, 0.3) is 5.57 Å². The Morgan fingerprint density at radius 1 is 1.46 bits per heavy atom. The molecule has 0 heterocycles. The summed E-state index contributed by atoms with van der Waals surface area (Å²) in [7, 11) is 1.74. The molecule has 0 spiro atoms. The van der Waals surface area contributed by atoms with Crippen LogP contribution >= 0.6 is 0 Å². The van der Waals surface area contributed by atoms with E-state index in [0.717, 1.165) is 17.5 Å². The highest BCUT2D eigenvalue weighted by atomic mass is 16.1. The van der Waals surface area contributed by atoms with Gasteiger partial charge in [-0.3, -0.25) is 4.79 Å². The molecular formula is C11H13NO. The van der Waals surface area contributed by atoms with E-state index < -0.39 is 0 Å². The van der Waals surface area contributed by atoms with Crippen LogP contribution in [0.3, 0.4) is 0 Å². The maximum absolute atomic E-state index is 10.4. The maximum atomic E-state index is 10.4. The highest BCUT2D eigenvalue weighted by Gasteiger charge is 1.99. The first-order valence-electron chi connectivity index (χ1n) is 4.13. The Morgan fingerprint density at radius 2 is 2.08 bits per heavy atom. The normalized spacial score (nSPS) is 9.31. The Kier molecular flexibility index (Phi) is 3.26. The second kappa shape index (κ2) is 4.45. The minimum atomic E-state index is 0.577. The zero-order chi connectivity index (χ0) is 9.68. The van der Waals surface area contributed by atoms with Gasteiger partial charge in [-0.15, -0.1) is 0 Å². The van der Waals surface area contributed by atoms with Gasteiger partial charge < -0.3 is 4.90 Å². The van der Waals surface area contributed by atoms with Crippen LogP contribution in [0.15, 0.2) is 36.9 Å². The summed E-state index contributed by atoms with van der Waals surface area (Å²) < 4.78 is 0. The fraction of sp³-hybridized carbons (Fsp3) is 0.182. The van der Waals surface area contributed by atoms with Crippen molar-refractivity contribution in [1.82, 2.24) is 4.90 Å². The second-order valence-electron chi connectivity index (χ2n) is 2.99. The first kappa shape index (κ1) is 9.52. The van der Waals surface area contributed by atoms with E-state index in [9.17, 15) is 4.79 Å². The molecule has 0 fully saturated rings. The number of likely N-dealkylation sites (N-methyl/N-ethyl adjacent to an activating group) is 1. The Morgan fingerprint density at radius 3 is 2.62 bits per heavy atom. The first-order chi connectivity index (χ1) is 6.24. The summed E-state index contributed by atoms with van der Waals surface area (Å²) in [4.78, 5) is 11.9. The van der Waals surface area contributed by atoms with Crippen LogP contribution < -0.4 is 0 Å². The molecule has 13 heavy (non-hydrogen) atoms. The third-order valence-corrected chi connectivity index (χ3v) is 1.80. The molecule has 0 saturated heterocycles. The zero-order valence-electron chi connectivity index (χ0n) is 7.73. The molecule has 1 amide bonds. The molecule has 0 aliphatic carbocycles. The van der Waals surface area contributed by atoms with Crippen molar-refractivity contribution in [2.24, 2.45) is 0 Å². The largest absolute Gasteiger partial charge is 0.344 e. The van der Waals surface area contributed by atoms with Crippen LogP contribution in [0.5, 0.6) is 0 Å². The summed E-state index contributed by atoms with van der Waals surface area (Å²) in [6.45, 7) is 4.49. The Bertz CT molecular complexity index is 292. The zero-order valence-corrected chi connectivity index (χ0v) is 7.73. The van der Waals surface area contributed by atoms with Gasteiger partial charge in [-0.05, 0) is 11.1 Å². The minimum Gasteiger partial charge on any atom is -0.344 e. The predicted molar refractivity (Wildman–Crippen MR) is 54.2 cm³/mol. The molecule has 0 N–H and O–H groups in total. The number of hydrogen-bond acceptors (Lipinski definition) is 1. The van der Waals surface area contributed by atoms with E-state index in [0.29, 0.717) is 6.54 Å². The van der Waals surface area contributed by atoms with Crippen molar-refractivity contribution in [3.8, 4) is 0 Å². The summed E-state index contributed by atoms with van der Waals surface area (Å²) >= 11 is 0. The highest BCUT2D eigenvalue weighted by Crippen LogP contribution is 2.11. The average molecular weight is 175 g/mol. The smallest absolute Gasteiger partial charge is 0.209 e. The summed E-state index contributed by atoms with van der Waals surface area (Å²) in [6, 6.07) is 9.85. The fourth-order valence-corrected chi connectivity index (χ4v) is 1.10. The van der Waals surface area contributed by atoms with Gasteiger partial charge in [-0.2, -0.15) is 0 Å². The van der Waals surface area contributed by atoms with Gasteiger partial charge in [0.25, 0.3) is 0 Å². The van der Waals surface area contributed by atoms with Gasteiger partial charge in [0.05, 0.1) is 0 Å². The molecule has 0 bridgehead atoms. The third kappa shape index (κ3) is 2.75. The topological polar surface area (TPSA) is 20.3 Å². The maximum Gasteiger partial charge on any atom is 0.209 e. The number of amides is 1. The lowest BCUT2D eigenvalue weighted by molar-refractivity contribution is -0.116. The lowest BCUT2D eigenvalue weighted by atomic mass is 10.1. The standard InChI is InChI=1S/C11H13NO/c1-10(8-12(2)9-13)11-6-4-3-5-7-11/h3-7,9H,1,8H2,2H3. The number of rotatable bonds is 4. The Balaban J connectivity index is 2.64. The van der Waals surface area contributed by atoms with Crippen molar-refractivity contribution in [1.29, 1.82) is 0 Å². The van der Waals surface area contributed by atoms with Crippen molar-refractivity contribution in [2.75, 3.05) is 13.6 Å². The predicted octanol–water partition coefficient (Wildman–Crippen LogP) is 1.79. The number of hydrogen-bond donors (Lipinski definition) is 0. The SMILES string of the molecule is C=C(CN(C)C=O)c1ccccc1. The molecule has 0 aliphatic rings. The molecule has 0 aliphatic heterocycles. The van der Waals surface area contributed by atoms with Crippen molar-refractivity contribution < 1.29 is 4.79 Å². The first-order valence-corrected chi connectivity index (χ1v) is 4.13. The van der Waals surface area contributed by atoms with Gasteiger partial charge in [0.2, 0.25) is 6.41 Å². The van der Waals surface area contributed by atoms with E-state index in [-0.39, 0.29) is 0 Å². The quantitative estimate of drug-likeness (QED) is 0.639. The molecule has 1 aromatic carbocycles. The second-order valence-corrected chi connectivity index (χ2v) is 2.99. The lowest BCUT2D eigenvalue weighted by Gasteiger charge is -2.12. The monoisotopic (exact) mass is 175 g/mol. The summed E-state index contributed by atoms with van der Waals surface area (Å²) in [5, 5.41) is 0. The molecule has 0 unspecified atom stereocenters. The van der Waals surface area contributed by atoms with Gasteiger partial charge in [-0.1, -0.05) is 36.9 Å². The van der Waals surface area contributed by atoms with Gasteiger partial charge in [0.15, 0.2) is 0 Å². The number of benzene rings is 1. The summed E-state index contributed by atoms with van der Waals surface area (Å²) in [5.41, 5.74) is 2.03. The van der Waals surface area contributed by atoms with Crippen molar-refractivity contribution >= 4 is 12.0 Å². The summed E-state index contributed by atoms with van der Waals surface area (Å²) in [5.74, 6) is 0. The Labute approximate surface area is 78.5 Å². The average Bonchev–Trinajstić information content (AvgIpc) is 2.19. The Hall–Kier alpha value is -1.57. The van der Waals surface area contributed by atoms with E-state index in [4.69, 9.17) is 0 Å². The van der Waals surface area contributed by atoms with Crippen molar-refractivity contribution in [2.45, 2.75) is 0 Å². The third-order valence-electron chi connectivity index (χ3n) is 1.80. The van der Waals surface area contributed by atoms with E-state index in [1.54, 1.807) is 11.9 Å². The van der Waals surface area contributed by atoms with Gasteiger partial charge in [0.1, 0.15) is 0 Å². The van der Waals surface area contributed by atoms with Crippen LogP contribution in [-0.4, -0.2) is 24.9 Å². The van der Waals surface area contributed by atoms with E-state index >= 15 is 0 Å². The van der Waals surface area contributed by atoms with Crippen LogP contribution in [-0.2, 0) is 4.79 Å². The molecule has 68 valence electrons. The van der Waals surface area contributed by atoms with Crippen LogP contribution in [0, 0.1) is 0 Å². The fourth-order valence-electron chi connectivity index (χ4n) is 1.10. The van der Waals surface area contributed by atoms with Crippen molar-refractivity contribution in [3.05, 3.63) is 42.5 Å². The van der Waals surface area contributed by atoms with E-state index in [1.165, 1.54) is 0 Å². The van der Waals surface area contributed by atoms with E-state index in [2.05, 4.69) is 6.58 Å². The molecule has 0 atom stereocenters. The molecule has 1 rings (SSSR count). The van der Waals surface area contributed by atoms with E-state index in [1.807, 2.05) is 30.3 Å². The summed E-state index contributed by atoms with van der Waals surface area (Å²) in [6.07, 6.45) is 0.800. The van der Waals surface area contributed by atoms with Gasteiger partial charge >= 0.3 is 0 Å². The highest BCUT2D eigenvalue weighted by molar-refractivity contribution is 5.66. The number of nitrogens with zero attached hydrogens (tertiary/aromatic N) is 1. The van der Waals surface area contributed by atoms with Crippen LogP contribution in [0.4, 0.5) is 0 Å². The molecule has 0 radical (unpaired) electrons. The van der Waals surface area contributed by atoms with Crippen LogP contribution in [0.2, 0.25) is 0 Å². The minimum absolute atomic E-state index is 0.577. The number of carbonyl (C=O) groups is 1. The molecular weight excluding hydrogens is 162 g/mol. The number of carbonyl (C=O) groups excluding carboxylic acids is 1. The van der Waals surface area contributed by atoms with Gasteiger partial charge in [-0.25, -0.2) is 0 Å².